The van der Waals surface area contributed by atoms with Crippen molar-refractivity contribution in [1.29, 1.82) is 0 Å². The Morgan fingerprint density at radius 3 is 2.14 bits per heavy atom. The van der Waals surface area contributed by atoms with Gasteiger partial charge in [-0.2, -0.15) is 11.8 Å². The summed E-state index contributed by atoms with van der Waals surface area (Å²) in [6.45, 7) is 18.3. The van der Waals surface area contributed by atoms with Crippen LogP contribution in [-0.4, -0.2) is 67.8 Å². The average molecular weight is 544 g/mol. The molecule has 0 radical (unpaired) electrons. The van der Waals surface area contributed by atoms with Crippen molar-refractivity contribution in [3.8, 4) is 0 Å². The first kappa shape index (κ1) is 32.4. The first-order valence-corrected chi connectivity index (χ1v) is 16.4. The number of ketones is 2. The Kier molecular flexibility index (Phi) is 11.9. The maximum atomic E-state index is 11.8. The summed E-state index contributed by atoms with van der Waals surface area (Å²) < 4.78 is 15.9. The van der Waals surface area contributed by atoms with E-state index >= 15 is 0 Å². The molecular formula is C26H45NO7SSi. The minimum absolute atomic E-state index is 0.0309. The fraction of sp³-hybridized carbons (Fsp3) is 0.769. The number of rotatable bonds is 7. The van der Waals surface area contributed by atoms with E-state index in [4.69, 9.17) is 13.9 Å². The summed E-state index contributed by atoms with van der Waals surface area (Å²) in [5, 5.41) is 2.93. The number of nitrogens with one attached hydrogen (secondary N) is 1. The number of methoxy groups -OCH3 is 1. The Bertz CT molecular complexity index is 829. The SMILES string of the molecule is CC(C)(C)[Si](C)(C)O[C@@H]1C=CC(=O)C1.COC(=O)[C@H](CS[C@H]1CC(=O)C[C@@H]1C)NC(=O)OC(C)(C)C. The number of thioether (sulfide) groups is 1. The first-order valence-electron chi connectivity index (χ1n) is 12.4. The predicted octanol–water partition coefficient (Wildman–Crippen LogP) is 5.06. The molecule has 2 aliphatic rings. The van der Waals surface area contributed by atoms with E-state index in [1.165, 1.54) is 18.9 Å². The molecule has 206 valence electrons. The van der Waals surface area contributed by atoms with Crippen molar-refractivity contribution in [1.82, 2.24) is 5.32 Å². The highest BCUT2D eigenvalue weighted by Gasteiger charge is 2.39. The van der Waals surface area contributed by atoms with Gasteiger partial charge in [0.2, 0.25) is 0 Å². The van der Waals surface area contributed by atoms with Crippen molar-refractivity contribution in [3.05, 3.63) is 12.2 Å². The number of amides is 1. The van der Waals surface area contributed by atoms with Crippen LogP contribution in [0.4, 0.5) is 4.79 Å². The van der Waals surface area contributed by atoms with Gasteiger partial charge >= 0.3 is 12.1 Å². The van der Waals surface area contributed by atoms with Crippen molar-refractivity contribution in [2.45, 2.75) is 109 Å². The Morgan fingerprint density at radius 1 is 1.11 bits per heavy atom. The molecule has 8 nitrogen and oxygen atoms in total. The van der Waals surface area contributed by atoms with Crippen molar-refractivity contribution in [3.63, 3.8) is 0 Å². The third kappa shape index (κ3) is 11.2. The number of alkyl carbamates (subject to hydrolysis) is 1. The van der Waals surface area contributed by atoms with Crippen molar-refractivity contribution in [2.75, 3.05) is 12.9 Å². The number of hydrogen-bond donors (Lipinski definition) is 1. The summed E-state index contributed by atoms with van der Waals surface area (Å²) in [4.78, 5) is 46.1. The van der Waals surface area contributed by atoms with Gasteiger partial charge in [0.15, 0.2) is 14.1 Å². The lowest BCUT2D eigenvalue weighted by molar-refractivity contribution is -0.142. The van der Waals surface area contributed by atoms with Crippen LogP contribution in [0.5, 0.6) is 0 Å². The molecule has 0 heterocycles. The zero-order valence-electron chi connectivity index (χ0n) is 23.6. The fourth-order valence-corrected chi connectivity index (χ4v) is 6.05. The minimum atomic E-state index is -1.70. The van der Waals surface area contributed by atoms with Gasteiger partial charge in [0, 0.05) is 30.3 Å². The highest BCUT2D eigenvalue weighted by molar-refractivity contribution is 8.00. The Labute approximate surface area is 221 Å². The molecule has 0 saturated heterocycles. The molecule has 1 amide bonds. The van der Waals surface area contributed by atoms with Crippen LogP contribution in [0.15, 0.2) is 12.2 Å². The highest BCUT2D eigenvalue weighted by Crippen LogP contribution is 2.38. The van der Waals surface area contributed by atoms with Crippen LogP contribution in [0.3, 0.4) is 0 Å². The lowest BCUT2D eigenvalue weighted by Gasteiger charge is -2.37. The van der Waals surface area contributed by atoms with Crippen LogP contribution in [0, 0.1) is 5.92 Å². The lowest BCUT2D eigenvalue weighted by atomic mass is 10.1. The van der Waals surface area contributed by atoms with Crippen LogP contribution in [0.1, 0.15) is 67.7 Å². The molecule has 0 spiro atoms. The molecule has 1 N–H and O–H groups in total. The van der Waals surface area contributed by atoms with E-state index in [2.05, 4.69) is 39.2 Å². The van der Waals surface area contributed by atoms with E-state index in [9.17, 15) is 19.2 Å². The number of allylic oxidation sites excluding steroid dienone is 1. The molecule has 1 fully saturated rings. The third-order valence-electron chi connectivity index (χ3n) is 6.42. The van der Waals surface area contributed by atoms with Gasteiger partial charge in [-0.05, 0) is 50.9 Å². The fourth-order valence-electron chi connectivity index (χ4n) is 3.39. The van der Waals surface area contributed by atoms with E-state index in [1.807, 2.05) is 13.0 Å². The molecule has 0 bridgehead atoms. The molecule has 2 aliphatic carbocycles. The molecule has 0 aromatic heterocycles. The largest absolute Gasteiger partial charge is 0.467 e. The number of ether oxygens (including phenoxy) is 2. The summed E-state index contributed by atoms with van der Waals surface area (Å²) in [6, 6.07) is -0.784. The average Bonchev–Trinajstić information content (AvgIpc) is 3.25. The maximum Gasteiger partial charge on any atom is 0.408 e. The second-order valence-corrected chi connectivity index (χ2v) is 18.0. The van der Waals surface area contributed by atoms with Gasteiger partial charge in [-0.15, -0.1) is 0 Å². The zero-order chi connectivity index (χ0) is 27.9. The van der Waals surface area contributed by atoms with Gasteiger partial charge in [-0.25, -0.2) is 9.59 Å². The van der Waals surface area contributed by atoms with Gasteiger partial charge < -0.3 is 19.2 Å². The molecular weight excluding hydrogens is 498 g/mol. The van der Waals surface area contributed by atoms with Crippen LogP contribution < -0.4 is 5.32 Å². The summed E-state index contributed by atoms with van der Waals surface area (Å²) in [5.74, 6) is 0.565. The molecule has 2 rings (SSSR count). The quantitative estimate of drug-likeness (QED) is 0.351. The molecule has 10 heteroatoms. The normalized spacial score (nSPS) is 23.1. The number of Topliss-reactive ketones (excluding diaryl/α,β-unsaturated/α-hetero) is 1. The van der Waals surface area contributed by atoms with E-state index in [0.29, 0.717) is 25.0 Å². The number of carbonyl (C=O) groups excluding carboxylic acids is 4. The Balaban J connectivity index is 0.000000397. The van der Waals surface area contributed by atoms with Gasteiger partial charge in [-0.1, -0.05) is 33.8 Å². The monoisotopic (exact) mass is 543 g/mol. The Hall–Kier alpha value is -1.65. The van der Waals surface area contributed by atoms with Gasteiger partial charge in [0.1, 0.15) is 17.4 Å². The summed E-state index contributed by atoms with van der Waals surface area (Å²) in [5.41, 5.74) is -0.635. The predicted molar refractivity (Wildman–Crippen MR) is 146 cm³/mol. The zero-order valence-corrected chi connectivity index (χ0v) is 25.4. The molecule has 36 heavy (non-hydrogen) atoms. The molecule has 4 atom stereocenters. The van der Waals surface area contributed by atoms with E-state index in [1.54, 1.807) is 26.8 Å². The molecule has 1 saturated carbocycles. The maximum absolute atomic E-state index is 11.8. The molecule has 0 aromatic rings. The molecule has 0 aliphatic heterocycles. The van der Waals surface area contributed by atoms with E-state index in [0.717, 1.165) is 0 Å². The summed E-state index contributed by atoms with van der Waals surface area (Å²) in [7, 11) is -0.427. The van der Waals surface area contributed by atoms with Crippen LogP contribution in [0.2, 0.25) is 18.1 Å². The highest BCUT2D eigenvalue weighted by atomic mass is 32.2. The van der Waals surface area contributed by atoms with Gasteiger partial charge in [-0.3, -0.25) is 9.59 Å². The standard InChI is InChI=1S/C15H25NO5S.C11H20O2Si/c1-9-6-10(17)7-12(9)22-8-11(13(18)20-5)16-14(19)21-15(2,3)4;1-11(2,3)14(4,5)13-10-7-6-9(12)8-10/h9,11-12H,6-8H2,1-5H3,(H,16,19);6-7,10H,8H2,1-5H3/t9-,11-,12-;10-/m01/s1. The smallest absolute Gasteiger partial charge is 0.408 e. The van der Waals surface area contributed by atoms with Crippen molar-refractivity contribution < 1.29 is 33.1 Å². The number of carbonyl (C=O) groups is 4. The lowest BCUT2D eigenvalue weighted by Crippen LogP contribution is -2.45. The molecule has 0 aromatic carbocycles. The summed E-state index contributed by atoms with van der Waals surface area (Å²) in [6.07, 6.45) is 4.54. The van der Waals surface area contributed by atoms with Gasteiger partial charge in [0.25, 0.3) is 0 Å². The number of esters is 1. The first-order chi connectivity index (χ1) is 16.3. The third-order valence-corrected chi connectivity index (χ3v) is 12.5. The van der Waals surface area contributed by atoms with Gasteiger partial charge in [0.05, 0.1) is 13.2 Å². The minimum Gasteiger partial charge on any atom is -0.467 e. The van der Waals surface area contributed by atoms with Crippen LogP contribution in [-0.2, 0) is 28.3 Å². The van der Waals surface area contributed by atoms with Crippen molar-refractivity contribution >= 4 is 43.7 Å². The molecule has 0 unspecified atom stereocenters. The second-order valence-electron chi connectivity index (χ2n) is 12.0. The Morgan fingerprint density at radius 2 is 1.72 bits per heavy atom. The second kappa shape index (κ2) is 13.2. The van der Waals surface area contributed by atoms with E-state index < -0.39 is 32.0 Å². The summed E-state index contributed by atoms with van der Waals surface area (Å²) >= 11 is 1.52. The topological polar surface area (TPSA) is 108 Å². The van der Waals surface area contributed by atoms with Crippen LogP contribution >= 0.6 is 11.8 Å². The van der Waals surface area contributed by atoms with E-state index in [-0.39, 0.29) is 33.9 Å². The van der Waals surface area contributed by atoms with Crippen molar-refractivity contribution in [2.24, 2.45) is 5.92 Å². The van der Waals surface area contributed by atoms with Crippen LogP contribution in [0.25, 0.3) is 0 Å². The number of hydrogen-bond acceptors (Lipinski definition) is 8.